The lowest BCUT2D eigenvalue weighted by molar-refractivity contribution is 0.0847. The Morgan fingerprint density at radius 1 is 1.04 bits per heavy atom. The van der Waals surface area contributed by atoms with E-state index in [0.29, 0.717) is 11.3 Å². The number of nitrogens with one attached hydrogen (secondary N) is 1. The molecule has 0 aliphatic carbocycles. The van der Waals surface area contributed by atoms with Crippen molar-refractivity contribution in [3.8, 4) is 0 Å². The summed E-state index contributed by atoms with van der Waals surface area (Å²) in [5.74, 6) is -1.15. The van der Waals surface area contributed by atoms with Gasteiger partial charge in [-0.05, 0) is 49.4 Å². The summed E-state index contributed by atoms with van der Waals surface area (Å²) in [6, 6.07) is 15.2. The summed E-state index contributed by atoms with van der Waals surface area (Å²) in [6.45, 7) is 1.28. The van der Waals surface area contributed by atoms with Crippen molar-refractivity contribution in [2.24, 2.45) is 0 Å². The molecule has 0 atom stereocenters. The molecule has 7 heteroatoms. The van der Waals surface area contributed by atoms with E-state index in [1.807, 2.05) is 0 Å². The van der Waals surface area contributed by atoms with Crippen molar-refractivity contribution in [3.63, 3.8) is 0 Å². The number of anilines is 1. The van der Waals surface area contributed by atoms with E-state index in [1.165, 1.54) is 31.3 Å². The van der Waals surface area contributed by atoms with E-state index >= 15 is 0 Å². The van der Waals surface area contributed by atoms with Crippen LogP contribution in [0.4, 0.5) is 10.1 Å². The number of rotatable bonds is 6. The van der Waals surface area contributed by atoms with Crippen LogP contribution in [0.5, 0.6) is 0 Å². The second kappa shape index (κ2) is 8.30. The van der Waals surface area contributed by atoms with Crippen molar-refractivity contribution in [1.82, 2.24) is 4.73 Å². The van der Waals surface area contributed by atoms with E-state index in [0.717, 1.165) is 4.73 Å². The summed E-state index contributed by atoms with van der Waals surface area (Å²) in [6.07, 6.45) is 1.35. The van der Waals surface area contributed by atoms with Gasteiger partial charge in [0.15, 0.2) is 5.78 Å². The highest BCUT2D eigenvalue weighted by Crippen LogP contribution is 2.11. The van der Waals surface area contributed by atoms with Gasteiger partial charge < -0.3 is 10.2 Å². The van der Waals surface area contributed by atoms with Gasteiger partial charge in [-0.15, -0.1) is 0 Å². The lowest BCUT2D eigenvalue weighted by Gasteiger charge is -2.11. The van der Waals surface area contributed by atoms with Gasteiger partial charge in [-0.1, -0.05) is 18.2 Å². The number of benzene rings is 2. The van der Waals surface area contributed by atoms with Gasteiger partial charge in [0, 0.05) is 23.0 Å². The SMILES string of the molecule is CC(=O)c1ccc(NC(=O)c2cccn(OCc3ccccc3F)c2=O)cc1. The summed E-state index contributed by atoms with van der Waals surface area (Å²) < 4.78 is 14.6. The molecule has 0 bridgehead atoms. The van der Waals surface area contributed by atoms with Crippen molar-refractivity contribution in [3.05, 3.63) is 99.7 Å². The topological polar surface area (TPSA) is 77.4 Å². The highest BCUT2D eigenvalue weighted by molar-refractivity contribution is 6.04. The molecule has 0 aliphatic rings. The Bertz CT molecular complexity index is 1070. The number of Topliss-reactive ketones (excluding diaryl/α,β-unsaturated/α-hetero) is 1. The van der Waals surface area contributed by atoms with Crippen molar-refractivity contribution in [2.75, 3.05) is 5.32 Å². The monoisotopic (exact) mass is 380 g/mol. The van der Waals surface area contributed by atoms with E-state index in [-0.39, 0.29) is 23.5 Å². The van der Waals surface area contributed by atoms with Crippen LogP contribution in [0.3, 0.4) is 0 Å². The molecule has 0 saturated heterocycles. The number of carbonyl (C=O) groups is 2. The van der Waals surface area contributed by atoms with Crippen molar-refractivity contribution in [2.45, 2.75) is 13.5 Å². The molecule has 2 aromatic carbocycles. The Labute approximate surface area is 160 Å². The number of amides is 1. The predicted octanol–water partition coefficient (Wildman–Crippen LogP) is 3.07. The second-order valence-corrected chi connectivity index (χ2v) is 6.01. The number of hydrogen-bond donors (Lipinski definition) is 1. The Balaban J connectivity index is 1.74. The molecule has 3 aromatic rings. The van der Waals surface area contributed by atoms with Crippen LogP contribution in [0.15, 0.2) is 71.7 Å². The zero-order valence-electron chi connectivity index (χ0n) is 15.0. The van der Waals surface area contributed by atoms with Crippen LogP contribution in [0.25, 0.3) is 0 Å². The van der Waals surface area contributed by atoms with E-state index in [9.17, 15) is 18.8 Å². The summed E-state index contributed by atoms with van der Waals surface area (Å²) in [4.78, 5) is 41.5. The van der Waals surface area contributed by atoms with Crippen molar-refractivity contribution < 1.29 is 18.8 Å². The van der Waals surface area contributed by atoms with Crippen LogP contribution in [0.2, 0.25) is 0 Å². The molecule has 0 unspecified atom stereocenters. The predicted molar refractivity (Wildman–Crippen MR) is 102 cm³/mol. The second-order valence-electron chi connectivity index (χ2n) is 6.01. The first-order valence-electron chi connectivity index (χ1n) is 8.46. The summed E-state index contributed by atoms with van der Waals surface area (Å²) in [7, 11) is 0. The van der Waals surface area contributed by atoms with Crippen LogP contribution >= 0.6 is 0 Å². The van der Waals surface area contributed by atoms with Crippen molar-refractivity contribution in [1.29, 1.82) is 0 Å². The number of pyridine rings is 1. The largest absolute Gasteiger partial charge is 0.406 e. The molecule has 1 N–H and O–H groups in total. The fraction of sp³-hybridized carbons (Fsp3) is 0.0952. The molecular formula is C21H17FN2O4. The van der Waals surface area contributed by atoms with Crippen LogP contribution in [-0.2, 0) is 6.61 Å². The smallest absolute Gasteiger partial charge is 0.295 e. The molecule has 142 valence electrons. The molecule has 1 aromatic heterocycles. The molecule has 0 fully saturated rings. The van der Waals surface area contributed by atoms with E-state index < -0.39 is 17.3 Å². The Kier molecular flexibility index (Phi) is 5.64. The highest BCUT2D eigenvalue weighted by atomic mass is 19.1. The first kappa shape index (κ1) is 19.0. The zero-order chi connectivity index (χ0) is 20.1. The van der Waals surface area contributed by atoms with Gasteiger partial charge in [0.2, 0.25) is 0 Å². The molecule has 1 amide bonds. The molecule has 0 spiro atoms. The van der Waals surface area contributed by atoms with Crippen LogP contribution in [-0.4, -0.2) is 16.4 Å². The molecular weight excluding hydrogens is 363 g/mol. The number of carbonyl (C=O) groups excluding carboxylic acids is 2. The molecule has 6 nitrogen and oxygen atoms in total. The van der Waals surface area contributed by atoms with E-state index in [2.05, 4.69) is 5.32 Å². The van der Waals surface area contributed by atoms with Crippen molar-refractivity contribution >= 4 is 17.4 Å². The minimum Gasteiger partial charge on any atom is -0.406 e. The summed E-state index contributed by atoms with van der Waals surface area (Å²) in [5.41, 5.74) is 0.442. The van der Waals surface area contributed by atoms with Crippen LogP contribution in [0, 0.1) is 5.82 Å². The minimum absolute atomic E-state index is 0.0872. The maximum Gasteiger partial charge on any atom is 0.295 e. The molecule has 0 saturated carbocycles. The maximum absolute atomic E-state index is 13.7. The number of aromatic nitrogens is 1. The van der Waals surface area contributed by atoms with Gasteiger partial charge in [-0.3, -0.25) is 14.4 Å². The number of nitrogens with zero attached hydrogens (tertiary/aromatic N) is 1. The maximum atomic E-state index is 13.7. The number of hydrogen-bond acceptors (Lipinski definition) is 4. The number of ketones is 1. The molecule has 28 heavy (non-hydrogen) atoms. The average molecular weight is 380 g/mol. The summed E-state index contributed by atoms with van der Waals surface area (Å²) >= 11 is 0. The fourth-order valence-corrected chi connectivity index (χ4v) is 2.49. The van der Waals surface area contributed by atoms with Gasteiger partial charge in [-0.25, -0.2) is 4.39 Å². The average Bonchev–Trinajstić information content (AvgIpc) is 2.68. The van der Waals surface area contributed by atoms with Gasteiger partial charge in [0.1, 0.15) is 18.0 Å². The van der Waals surface area contributed by atoms with E-state index in [4.69, 9.17) is 4.84 Å². The third-order valence-electron chi connectivity index (χ3n) is 4.03. The standard InChI is InChI=1S/C21H17FN2O4/c1-14(25)15-8-10-17(11-9-15)23-20(26)18-6-4-12-24(21(18)27)28-13-16-5-2-3-7-19(16)22/h2-12H,13H2,1H3,(H,23,26). The van der Waals surface area contributed by atoms with Gasteiger partial charge in [-0.2, -0.15) is 4.73 Å². The zero-order valence-corrected chi connectivity index (χ0v) is 15.0. The Morgan fingerprint density at radius 3 is 2.43 bits per heavy atom. The third kappa shape index (κ3) is 4.32. The molecule has 1 heterocycles. The third-order valence-corrected chi connectivity index (χ3v) is 4.03. The quantitative estimate of drug-likeness (QED) is 0.667. The van der Waals surface area contributed by atoms with Crippen LogP contribution in [0.1, 0.15) is 33.2 Å². The first-order chi connectivity index (χ1) is 13.5. The normalized spacial score (nSPS) is 10.4. The first-order valence-corrected chi connectivity index (χ1v) is 8.46. The Morgan fingerprint density at radius 2 is 1.75 bits per heavy atom. The summed E-state index contributed by atoms with van der Waals surface area (Å²) in [5, 5.41) is 2.60. The fourth-order valence-electron chi connectivity index (χ4n) is 2.49. The molecule has 3 rings (SSSR count). The molecule has 0 radical (unpaired) electrons. The lowest BCUT2D eigenvalue weighted by atomic mass is 10.1. The highest BCUT2D eigenvalue weighted by Gasteiger charge is 2.14. The van der Waals surface area contributed by atoms with Gasteiger partial charge in [0.25, 0.3) is 11.5 Å². The lowest BCUT2D eigenvalue weighted by Crippen LogP contribution is -2.32. The molecule has 0 aliphatic heterocycles. The Hall–Kier alpha value is -3.74. The van der Waals surface area contributed by atoms with Crippen LogP contribution < -0.4 is 15.7 Å². The van der Waals surface area contributed by atoms with Gasteiger partial charge >= 0.3 is 0 Å². The van der Waals surface area contributed by atoms with E-state index in [1.54, 1.807) is 42.5 Å². The minimum atomic E-state index is -0.670. The number of halogens is 1. The van der Waals surface area contributed by atoms with Gasteiger partial charge in [0.05, 0.1) is 0 Å².